The van der Waals surface area contributed by atoms with Gasteiger partial charge in [-0.3, -0.25) is 4.79 Å². The fourth-order valence-corrected chi connectivity index (χ4v) is 3.17. The van der Waals surface area contributed by atoms with Crippen LogP contribution in [0.1, 0.15) is 23.7 Å². The van der Waals surface area contributed by atoms with E-state index in [0.717, 1.165) is 24.2 Å². The highest BCUT2D eigenvalue weighted by molar-refractivity contribution is 8.00. The molecule has 0 saturated carbocycles. The molecule has 0 radical (unpaired) electrons. The third-order valence-corrected chi connectivity index (χ3v) is 4.63. The topological polar surface area (TPSA) is 26.3 Å². The molecule has 2 atom stereocenters. The van der Waals surface area contributed by atoms with Crippen molar-refractivity contribution in [3.63, 3.8) is 0 Å². The molecule has 0 N–H and O–H groups in total. The number of hydrogen-bond donors (Lipinski definition) is 0. The van der Waals surface area contributed by atoms with Crippen molar-refractivity contribution in [1.29, 1.82) is 0 Å². The zero-order valence-electron chi connectivity index (χ0n) is 8.98. The monoisotopic (exact) mass is 256 g/mol. The summed E-state index contributed by atoms with van der Waals surface area (Å²) in [5.41, 5.74) is 0.616. The lowest BCUT2D eigenvalue weighted by Gasteiger charge is -2.14. The Morgan fingerprint density at radius 2 is 2.38 bits per heavy atom. The number of benzene rings is 1. The summed E-state index contributed by atoms with van der Waals surface area (Å²) >= 11 is 7.85. The third kappa shape index (κ3) is 2.59. The van der Waals surface area contributed by atoms with Crippen LogP contribution in [0.5, 0.6) is 0 Å². The van der Waals surface area contributed by atoms with Gasteiger partial charge in [0.2, 0.25) is 0 Å². The van der Waals surface area contributed by atoms with Crippen LogP contribution in [-0.2, 0) is 4.74 Å². The van der Waals surface area contributed by atoms with Gasteiger partial charge in [-0.25, -0.2) is 0 Å². The molecule has 16 heavy (non-hydrogen) atoms. The normalized spacial score (nSPS) is 24.6. The van der Waals surface area contributed by atoms with Crippen LogP contribution < -0.4 is 0 Å². The maximum absolute atomic E-state index is 10.6. The number of halogens is 1. The molecule has 1 aromatic rings. The van der Waals surface area contributed by atoms with Gasteiger partial charge in [-0.05, 0) is 25.5 Å². The summed E-state index contributed by atoms with van der Waals surface area (Å²) in [7, 11) is 0. The van der Waals surface area contributed by atoms with Gasteiger partial charge in [0.05, 0.1) is 11.1 Å². The highest BCUT2D eigenvalue weighted by Crippen LogP contribution is 2.36. The molecule has 0 aromatic heterocycles. The highest BCUT2D eigenvalue weighted by atomic mass is 35.5. The largest absolute Gasteiger partial charge is 0.377 e. The molecule has 1 aromatic carbocycles. The molecule has 1 aliphatic rings. The molecule has 2 nitrogen and oxygen atoms in total. The Labute approximate surface area is 104 Å². The van der Waals surface area contributed by atoms with Gasteiger partial charge < -0.3 is 4.74 Å². The fraction of sp³-hybridized carbons (Fsp3) is 0.417. The first-order valence-corrected chi connectivity index (χ1v) is 6.49. The van der Waals surface area contributed by atoms with E-state index < -0.39 is 0 Å². The molecule has 0 aliphatic carbocycles. The van der Waals surface area contributed by atoms with Gasteiger partial charge in [0.1, 0.15) is 6.29 Å². The average molecular weight is 257 g/mol. The van der Waals surface area contributed by atoms with Crippen molar-refractivity contribution in [3.8, 4) is 0 Å². The number of rotatable bonds is 3. The first-order chi connectivity index (χ1) is 7.70. The fourth-order valence-electron chi connectivity index (χ4n) is 1.72. The predicted octanol–water partition coefficient (Wildman–Crippen LogP) is 3.42. The van der Waals surface area contributed by atoms with E-state index in [1.54, 1.807) is 23.9 Å². The van der Waals surface area contributed by atoms with Gasteiger partial charge in [0, 0.05) is 22.3 Å². The van der Waals surface area contributed by atoms with Crippen molar-refractivity contribution in [3.05, 3.63) is 28.8 Å². The smallest absolute Gasteiger partial charge is 0.150 e. The zero-order valence-corrected chi connectivity index (χ0v) is 10.6. The Bertz CT molecular complexity index is 395. The molecule has 0 spiro atoms. The first-order valence-electron chi connectivity index (χ1n) is 5.23. The van der Waals surface area contributed by atoms with E-state index in [0.29, 0.717) is 15.8 Å². The van der Waals surface area contributed by atoms with Gasteiger partial charge in [0.25, 0.3) is 0 Å². The Balaban J connectivity index is 2.12. The summed E-state index contributed by atoms with van der Waals surface area (Å²) in [6.07, 6.45) is 2.13. The van der Waals surface area contributed by atoms with Gasteiger partial charge in [0.15, 0.2) is 0 Å². The summed E-state index contributed by atoms with van der Waals surface area (Å²) < 4.78 is 5.50. The van der Waals surface area contributed by atoms with Crippen LogP contribution in [0.25, 0.3) is 0 Å². The van der Waals surface area contributed by atoms with Gasteiger partial charge in [-0.15, -0.1) is 11.8 Å². The predicted molar refractivity (Wildman–Crippen MR) is 66.5 cm³/mol. The number of carbonyl (C=O) groups excluding carboxylic acids is 1. The lowest BCUT2D eigenvalue weighted by molar-refractivity contribution is 0.112. The quantitative estimate of drug-likeness (QED) is 0.775. The molecule has 1 saturated heterocycles. The number of thioether (sulfide) groups is 1. The summed E-state index contributed by atoms with van der Waals surface area (Å²) in [4.78, 5) is 11.6. The van der Waals surface area contributed by atoms with E-state index in [1.165, 1.54) is 0 Å². The van der Waals surface area contributed by atoms with E-state index in [-0.39, 0.29) is 6.10 Å². The lowest BCUT2D eigenvalue weighted by atomic mass is 10.2. The second-order valence-electron chi connectivity index (χ2n) is 3.83. The minimum absolute atomic E-state index is 0.270. The molecule has 4 heteroatoms. The minimum atomic E-state index is 0.270. The van der Waals surface area contributed by atoms with E-state index in [2.05, 4.69) is 6.92 Å². The van der Waals surface area contributed by atoms with E-state index in [9.17, 15) is 4.79 Å². The van der Waals surface area contributed by atoms with Crippen LogP contribution in [0, 0.1) is 0 Å². The molecule has 2 rings (SSSR count). The van der Waals surface area contributed by atoms with E-state index >= 15 is 0 Å². The summed E-state index contributed by atoms with van der Waals surface area (Å²) in [5, 5.41) is 1.10. The molecular formula is C12H13ClO2S. The van der Waals surface area contributed by atoms with Crippen LogP contribution in [0.2, 0.25) is 5.02 Å². The number of carbonyl (C=O) groups is 1. The molecule has 0 amide bonds. The molecule has 1 fully saturated rings. The van der Waals surface area contributed by atoms with Crippen LogP contribution in [0.4, 0.5) is 0 Å². The Hall–Kier alpha value is -0.510. The van der Waals surface area contributed by atoms with Gasteiger partial charge >= 0.3 is 0 Å². The number of hydrogen-bond acceptors (Lipinski definition) is 3. The van der Waals surface area contributed by atoms with Gasteiger partial charge in [-0.1, -0.05) is 17.7 Å². The second kappa shape index (κ2) is 5.21. The Morgan fingerprint density at radius 1 is 1.56 bits per heavy atom. The maximum Gasteiger partial charge on any atom is 0.150 e. The van der Waals surface area contributed by atoms with Crippen molar-refractivity contribution in [2.45, 2.75) is 29.6 Å². The molecule has 1 aliphatic heterocycles. The highest BCUT2D eigenvalue weighted by Gasteiger charge is 2.25. The number of aldehydes is 1. The van der Waals surface area contributed by atoms with Crippen LogP contribution in [-0.4, -0.2) is 24.2 Å². The Morgan fingerprint density at radius 3 is 2.94 bits per heavy atom. The number of ether oxygens (including phenoxy) is 1. The first kappa shape index (κ1) is 12.0. The molecule has 0 bridgehead atoms. The molecular weight excluding hydrogens is 244 g/mol. The molecule has 1 heterocycles. The standard InChI is InChI=1S/C12H13ClO2S/c1-8-11(4-5-15-8)16-12-3-2-9(7-14)6-10(12)13/h2-3,6-8,11H,4-5H2,1H3. The van der Waals surface area contributed by atoms with Crippen molar-refractivity contribution < 1.29 is 9.53 Å². The zero-order chi connectivity index (χ0) is 11.5. The van der Waals surface area contributed by atoms with Crippen LogP contribution in [0.15, 0.2) is 23.1 Å². The summed E-state index contributed by atoms with van der Waals surface area (Å²) in [5.74, 6) is 0. The Kier molecular flexibility index (Phi) is 3.90. The van der Waals surface area contributed by atoms with Crippen molar-refractivity contribution in [2.24, 2.45) is 0 Å². The summed E-state index contributed by atoms with van der Waals surface area (Å²) in [6.45, 7) is 2.90. The lowest BCUT2D eigenvalue weighted by Crippen LogP contribution is -2.13. The van der Waals surface area contributed by atoms with Crippen molar-refractivity contribution in [2.75, 3.05) is 6.61 Å². The van der Waals surface area contributed by atoms with E-state index in [4.69, 9.17) is 16.3 Å². The van der Waals surface area contributed by atoms with Crippen molar-refractivity contribution in [1.82, 2.24) is 0 Å². The minimum Gasteiger partial charge on any atom is -0.377 e. The van der Waals surface area contributed by atoms with Crippen LogP contribution in [0.3, 0.4) is 0 Å². The SMILES string of the molecule is CC1OCCC1Sc1ccc(C=O)cc1Cl. The van der Waals surface area contributed by atoms with E-state index in [1.807, 2.05) is 6.07 Å². The second-order valence-corrected chi connectivity index (χ2v) is 5.52. The molecule has 2 unspecified atom stereocenters. The average Bonchev–Trinajstić information content (AvgIpc) is 2.67. The third-order valence-electron chi connectivity index (χ3n) is 2.68. The van der Waals surface area contributed by atoms with Crippen molar-refractivity contribution >= 4 is 29.6 Å². The summed E-state index contributed by atoms with van der Waals surface area (Å²) in [6, 6.07) is 5.40. The maximum atomic E-state index is 10.6. The van der Waals surface area contributed by atoms with Crippen LogP contribution >= 0.6 is 23.4 Å². The molecule has 86 valence electrons. The van der Waals surface area contributed by atoms with Gasteiger partial charge in [-0.2, -0.15) is 0 Å².